The van der Waals surface area contributed by atoms with Gasteiger partial charge in [-0.05, 0) is 0 Å². The molecule has 38 heavy (non-hydrogen) atoms. The number of thiazole rings is 1. The molecule has 3 heterocycles. The van der Waals surface area contributed by atoms with Crippen LogP contribution >= 0.6 is 11.3 Å². The van der Waals surface area contributed by atoms with Gasteiger partial charge in [-0.15, -0.1) is 16.4 Å². The summed E-state index contributed by atoms with van der Waals surface area (Å²) >= 11 is 0.989. The summed E-state index contributed by atoms with van der Waals surface area (Å²) in [6.45, 7) is -0.267. The number of amides is 1. The van der Waals surface area contributed by atoms with Crippen molar-refractivity contribution in [3.8, 4) is 0 Å². The van der Waals surface area contributed by atoms with Gasteiger partial charge in [-0.2, -0.15) is 8.42 Å². The quantitative estimate of drug-likeness (QED) is 0.0590. The Labute approximate surface area is 218 Å². The average Bonchev–Trinajstić information content (AvgIpc) is 3.29. The Bertz CT molecular complexity index is 1440. The third-order valence-electron chi connectivity index (χ3n) is 5.77. The molecule has 2 fully saturated rings. The molecule has 2 aliphatic rings. The van der Waals surface area contributed by atoms with Gasteiger partial charge in [0.25, 0.3) is 0 Å². The maximum absolute atomic E-state index is 13.2. The van der Waals surface area contributed by atoms with Gasteiger partial charge in [0.05, 0.1) is 31.2 Å². The van der Waals surface area contributed by atoms with Crippen molar-refractivity contribution in [3.05, 3.63) is 23.0 Å². The number of guanidine groups is 1. The first-order valence-corrected chi connectivity index (χ1v) is 13.1. The van der Waals surface area contributed by atoms with Crippen molar-refractivity contribution < 1.29 is 37.3 Å². The zero-order valence-electron chi connectivity index (χ0n) is 19.4. The van der Waals surface area contributed by atoms with Crippen molar-refractivity contribution in [2.45, 2.75) is 44.0 Å². The molecule has 0 bridgehead atoms. The Morgan fingerprint density at radius 3 is 2.58 bits per heavy atom. The predicted octanol–water partition coefficient (Wildman–Crippen LogP) is -2.28. The SMILES string of the molecule is NC(N)=NCc1cn(C[C@@H]2[C@H](CC(=O)/C(=N\OC3(C(=O)O)CC3)c3csc(N)n3)C(=O)N2S(=O)(=O)O)nn1. The molecule has 1 saturated carbocycles. The minimum Gasteiger partial charge on any atom is -0.478 e. The number of aliphatic carboxylic acids is 1. The smallest absolute Gasteiger partial charge is 0.362 e. The van der Waals surface area contributed by atoms with Crippen molar-refractivity contribution >= 4 is 56.1 Å². The number of nitrogens with zero attached hydrogens (tertiary/aromatic N) is 7. The minimum atomic E-state index is -4.96. The highest BCUT2D eigenvalue weighted by Crippen LogP contribution is 2.40. The normalized spacial score (nSPS) is 20.5. The van der Waals surface area contributed by atoms with Gasteiger partial charge < -0.3 is 27.1 Å². The number of oxime groups is 1. The molecule has 1 aliphatic carbocycles. The molecule has 0 spiro atoms. The van der Waals surface area contributed by atoms with Crippen LogP contribution in [0, 0.1) is 5.92 Å². The number of carbonyl (C=O) groups excluding carboxylic acids is 2. The Morgan fingerprint density at radius 1 is 1.32 bits per heavy atom. The molecule has 1 amide bonds. The van der Waals surface area contributed by atoms with Crippen LogP contribution < -0.4 is 17.2 Å². The number of anilines is 1. The third kappa shape index (κ3) is 5.55. The predicted molar refractivity (Wildman–Crippen MR) is 129 cm³/mol. The lowest BCUT2D eigenvalue weighted by Gasteiger charge is -2.43. The fraction of sp³-hybridized carbons (Fsp3) is 0.444. The van der Waals surface area contributed by atoms with E-state index in [4.69, 9.17) is 22.0 Å². The van der Waals surface area contributed by atoms with Gasteiger partial charge in [0.15, 0.2) is 22.6 Å². The number of carboxylic acid groups (broad SMARTS) is 1. The first kappa shape index (κ1) is 26.9. The van der Waals surface area contributed by atoms with E-state index in [0.29, 0.717) is 5.69 Å². The standard InChI is InChI=1S/C18H22N10O8S2/c19-16(20)22-4-8-5-27(26-24-8)6-11-9(14(30)28(11)38(33,34)35)3-12(29)13(10-7-37-17(21)23-10)25-36-18(1-2-18)15(31)32/h5,7,9,11H,1-4,6H2,(H2,21,23)(H,31,32)(H4,19,20,22)(H,33,34,35)/b25-13-/t9-,11+/m0/s1. The van der Waals surface area contributed by atoms with E-state index in [0.717, 1.165) is 11.3 Å². The molecule has 1 saturated heterocycles. The van der Waals surface area contributed by atoms with Gasteiger partial charge in [0.2, 0.25) is 11.5 Å². The van der Waals surface area contributed by atoms with Crippen molar-refractivity contribution in [2.75, 3.05) is 5.73 Å². The van der Waals surface area contributed by atoms with E-state index in [1.54, 1.807) is 0 Å². The van der Waals surface area contributed by atoms with E-state index >= 15 is 0 Å². The molecule has 2 aromatic rings. The number of β-lactam (4-membered cyclic amide) rings is 1. The fourth-order valence-electron chi connectivity index (χ4n) is 3.67. The maximum atomic E-state index is 13.2. The van der Waals surface area contributed by atoms with Crippen molar-refractivity contribution in [3.63, 3.8) is 0 Å². The second-order valence-corrected chi connectivity index (χ2v) is 10.7. The molecule has 204 valence electrons. The lowest BCUT2D eigenvalue weighted by molar-refractivity contribution is -0.153. The van der Waals surface area contributed by atoms with Gasteiger partial charge >= 0.3 is 16.3 Å². The summed E-state index contributed by atoms with van der Waals surface area (Å²) in [4.78, 5) is 50.2. The van der Waals surface area contributed by atoms with E-state index in [-0.39, 0.29) is 52.7 Å². The summed E-state index contributed by atoms with van der Waals surface area (Å²) in [6, 6.07) is -1.21. The number of hydrogen-bond acceptors (Lipinski definition) is 13. The van der Waals surface area contributed by atoms with Crippen LogP contribution in [0.4, 0.5) is 5.13 Å². The van der Waals surface area contributed by atoms with Gasteiger partial charge in [-0.25, -0.2) is 19.1 Å². The number of nitrogens with two attached hydrogens (primary N) is 3. The van der Waals surface area contributed by atoms with Crippen LogP contribution in [-0.4, -0.2) is 83.3 Å². The summed E-state index contributed by atoms with van der Waals surface area (Å²) in [5.41, 5.74) is 14.6. The highest BCUT2D eigenvalue weighted by molar-refractivity contribution is 7.84. The van der Waals surface area contributed by atoms with Crippen LogP contribution in [0.25, 0.3) is 0 Å². The highest BCUT2D eigenvalue weighted by Gasteiger charge is 2.56. The van der Waals surface area contributed by atoms with Crippen LogP contribution in [0.5, 0.6) is 0 Å². The fourth-order valence-corrected chi connectivity index (χ4v) is 5.14. The molecule has 0 radical (unpaired) electrons. The number of carboxylic acids is 1. The largest absolute Gasteiger partial charge is 0.478 e. The van der Waals surface area contributed by atoms with E-state index in [2.05, 4.69) is 25.4 Å². The van der Waals surface area contributed by atoms with Crippen LogP contribution in [0.1, 0.15) is 30.7 Å². The molecule has 2 atom stereocenters. The van der Waals surface area contributed by atoms with E-state index < -0.39 is 51.9 Å². The lowest BCUT2D eigenvalue weighted by Crippen LogP contribution is -2.64. The molecule has 20 heteroatoms. The first-order valence-electron chi connectivity index (χ1n) is 10.8. The number of aromatic nitrogens is 4. The molecule has 4 rings (SSSR count). The maximum Gasteiger partial charge on any atom is 0.362 e. The molecular weight excluding hydrogens is 548 g/mol. The van der Waals surface area contributed by atoms with Crippen molar-refractivity contribution in [1.82, 2.24) is 24.3 Å². The van der Waals surface area contributed by atoms with Crippen LogP contribution in [0.3, 0.4) is 0 Å². The van der Waals surface area contributed by atoms with Crippen molar-refractivity contribution in [2.24, 2.45) is 27.5 Å². The summed E-state index contributed by atoms with van der Waals surface area (Å²) in [5.74, 6) is -4.48. The Morgan fingerprint density at radius 2 is 2.03 bits per heavy atom. The Balaban J connectivity index is 1.56. The van der Waals surface area contributed by atoms with E-state index in [1.807, 2.05) is 0 Å². The van der Waals surface area contributed by atoms with Gasteiger partial charge in [-0.3, -0.25) is 18.8 Å². The average molecular weight is 571 g/mol. The summed E-state index contributed by atoms with van der Waals surface area (Å²) in [5, 5.41) is 22.2. The van der Waals surface area contributed by atoms with E-state index in [9.17, 15) is 32.5 Å². The second-order valence-electron chi connectivity index (χ2n) is 8.49. The molecule has 2 aromatic heterocycles. The van der Waals surface area contributed by atoms with Crippen LogP contribution in [0.2, 0.25) is 0 Å². The molecule has 1 aliphatic heterocycles. The van der Waals surface area contributed by atoms with Crippen LogP contribution in [0.15, 0.2) is 21.7 Å². The number of Topliss-reactive ketones (excluding diaryl/α,β-unsaturated/α-hetero) is 1. The second kappa shape index (κ2) is 9.95. The van der Waals surface area contributed by atoms with Gasteiger partial charge in [0.1, 0.15) is 11.4 Å². The number of nitrogen functional groups attached to an aromatic ring is 1. The lowest BCUT2D eigenvalue weighted by atomic mass is 9.84. The number of rotatable bonds is 12. The highest BCUT2D eigenvalue weighted by atomic mass is 32.2. The Hall–Kier alpha value is -4.17. The topological polar surface area (TPSA) is 285 Å². The molecule has 18 nitrogen and oxygen atoms in total. The number of hydrogen-bond donors (Lipinski definition) is 5. The molecule has 0 unspecified atom stereocenters. The molecular formula is C18H22N10O8S2. The monoisotopic (exact) mass is 570 g/mol. The third-order valence-corrected chi connectivity index (χ3v) is 7.39. The first-order chi connectivity index (χ1) is 17.8. The number of ketones is 1. The molecule has 0 aromatic carbocycles. The molecule has 8 N–H and O–H groups in total. The number of aliphatic imine (C=N–C) groups is 1. The Kier molecular flexibility index (Phi) is 7.04. The van der Waals surface area contributed by atoms with Gasteiger partial charge in [0, 0.05) is 24.6 Å². The summed E-state index contributed by atoms with van der Waals surface area (Å²) < 4.78 is 34.7. The summed E-state index contributed by atoms with van der Waals surface area (Å²) in [6.07, 6.45) is 1.20. The van der Waals surface area contributed by atoms with Crippen molar-refractivity contribution in [1.29, 1.82) is 0 Å². The van der Waals surface area contributed by atoms with Crippen LogP contribution in [-0.2, 0) is 42.6 Å². The summed E-state index contributed by atoms with van der Waals surface area (Å²) in [7, 11) is -4.96. The number of carbonyl (C=O) groups is 3. The zero-order valence-corrected chi connectivity index (χ0v) is 21.0. The minimum absolute atomic E-state index is 0.00528. The zero-order chi connectivity index (χ0) is 27.8. The van der Waals surface area contributed by atoms with E-state index in [1.165, 1.54) is 16.3 Å². The van der Waals surface area contributed by atoms with Gasteiger partial charge in [-0.1, -0.05) is 10.4 Å².